The number of carbonyl (C=O) groups is 3. The number of carbonyl (C=O) groups excluding carboxylic acids is 3. The van der Waals surface area contributed by atoms with Gasteiger partial charge < -0.3 is 10.1 Å². The fourth-order valence-electron chi connectivity index (χ4n) is 3.25. The second-order valence-corrected chi connectivity index (χ2v) is 7.77. The average molecular weight is 434 g/mol. The lowest BCUT2D eigenvalue weighted by Gasteiger charge is -2.14. The maximum atomic E-state index is 12.4. The molecule has 1 amide bonds. The number of hydrogen-bond donors (Lipinski definition) is 1. The highest BCUT2D eigenvalue weighted by Crippen LogP contribution is 2.29. The molecule has 0 fully saturated rings. The number of aryl methyl sites for hydroxylation is 2. The van der Waals surface area contributed by atoms with Crippen molar-refractivity contribution in [3.8, 4) is 0 Å². The van der Waals surface area contributed by atoms with Crippen molar-refractivity contribution in [1.29, 1.82) is 0 Å². The molecule has 0 radical (unpaired) electrons. The minimum absolute atomic E-state index is 0.0338. The molecule has 29 heavy (non-hydrogen) atoms. The van der Waals surface area contributed by atoms with Crippen molar-refractivity contribution < 1.29 is 19.1 Å². The molecule has 0 unspecified atom stereocenters. The lowest BCUT2D eigenvalue weighted by Crippen LogP contribution is -2.30. The molecule has 0 saturated carbocycles. The predicted octanol–water partition coefficient (Wildman–Crippen LogP) is 5.02. The standard InChI is InChI=1S/C22H21Cl2NO4/c1-13(22(28)25-18-7-3-6-17(23)21(18)24)29-20(27)11-10-19(26)16-9-8-14-4-2-5-15(14)12-16/h3,6-9,12-13H,2,4-5,10-11H2,1H3,(H,25,28)/t13-/m0/s1. The summed E-state index contributed by atoms with van der Waals surface area (Å²) in [4.78, 5) is 36.6. The number of nitrogens with one attached hydrogen (secondary N) is 1. The van der Waals surface area contributed by atoms with Gasteiger partial charge >= 0.3 is 5.97 Å². The van der Waals surface area contributed by atoms with E-state index >= 15 is 0 Å². The summed E-state index contributed by atoms with van der Waals surface area (Å²) in [5.41, 5.74) is 3.45. The third-order valence-corrected chi connectivity index (χ3v) is 5.68. The zero-order chi connectivity index (χ0) is 21.0. The van der Waals surface area contributed by atoms with E-state index in [0.29, 0.717) is 16.3 Å². The average Bonchev–Trinajstić information content (AvgIpc) is 3.17. The second kappa shape index (κ2) is 9.42. The van der Waals surface area contributed by atoms with Crippen LogP contribution in [0.25, 0.3) is 0 Å². The van der Waals surface area contributed by atoms with Crippen LogP contribution in [-0.4, -0.2) is 23.8 Å². The Morgan fingerprint density at radius 3 is 2.62 bits per heavy atom. The Morgan fingerprint density at radius 2 is 1.83 bits per heavy atom. The van der Waals surface area contributed by atoms with Crippen molar-refractivity contribution in [3.05, 3.63) is 63.1 Å². The fourth-order valence-corrected chi connectivity index (χ4v) is 3.60. The van der Waals surface area contributed by atoms with Gasteiger partial charge in [-0.3, -0.25) is 14.4 Å². The zero-order valence-corrected chi connectivity index (χ0v) is 17.5. The minimum atomic E-state index is -1.03. The number of esters is 1. The van der Waals surface area contributed by atoms with Gasteiger partial charge in [-0.15, -0.1) is 0 Å². The molecule has 1 N–H and O–H groups in total. The molecular weight excluding hydrogens is 413 g/mol. The van der Waals surface area contributed by atoms with Crippen LogP contribution < -0.4 is 5.32 Å². The van der Waals surface area contributed by atoms with E-state index < -0.39 is 18.0 Å². The molecule has 5 nitrogen and oxygen atoms in total. The van der Waals surface area contributed by atoms with E-state index in [4.69, 9.17) is 27.9 Å². The lowest BCUT2D eigenvalue weighted by molar-refractivity contribution is -0.153. The van der Waals surface area contributed by atoms with Gasteiger partial charge in [0.1, 0.15) is 0 Å². The van der Waals surface area contributed by atoms with E-state index in [0.717, 1.165) is 19.3 Å². The summed E-state index contributed by atoms with van der Waals surface area (Å²) in [5.74, 6) is -1.26. The number of ether oxygens (including phenoxy) is 1. The van der Waals surface area contributed by atoms with Crippen LogP contribution in [0.3, 0.4) is 0 Å². The Kier molecular flexibility index (Phi) is 6.93. The topological polar surface area (TPSA) is 72.5 Å². The van der Waals surface area contributed by atoms with Gasteiger partial charge in [0.15, 0.2) is 11.9 Å². The number of anilines is 1. The molecule has 0 aromatic heterocycles. The molecule has 1 aliphatic carbocycles. The van der Waals surface area contributed by atoms with Crippen molar-refractivity contribution in [2.45, 2.75) is 45.1 Å². The zero-order valence-electron chi connectivity index (χ0n) is 16.0. The van der Waals surface area contributed by atoms with E-state index in [1.807, 2.05) is 18.2 Å². The van der Waals surface area contributed by atoms with Crippen molar-refractivity contribution >= 4 is 46.5 Å². The van der Waals surface area contributed by atoms with Crippen LogP contribution in [0.1, 0.15) is 47.7 Å². The minimum Gasteiger partial charge on any atom is -0.453 e. The third kappa shape index (κ3) is 5.37. The number of amides is 1. The summed E-state index contributed by atoms with van der Waals surface area (Å²) in [6.07, 6.45) is 2.06. The van der Waals surface area contributed by atoms with E-state index in [2.05, 4.69) is 5.32 Å². The van der Waals surface area contributed by atoms with Crippen LogP contribution in [0.15, 0.2) is 36.4 Å². The molecule has 3 rings (SSSR count). The number of fused-ring (bicyclic) bond motifs is 1. The normalized spacial score (nSPS) is 13.5. The first-order valence-electron chi connectivity index (χ1n) is 9.44. The molecule has 1 atom stereocenters. The SMILES string of the molecule is C[C@H](OC(=O)CCC(=O)c1ccc2c(c1)CCC2)C(=O)Nc1cccc(Cl)c1Cl. The first-order chi connectivity index (χ1) is 13.8. The highest BCUT2D eigenvalue weighted by molar-refractivity contribution is 6.44. The first-order valence-corrected chi connectivity index (χ1v) is 10.2. The molecule has 2 aromatic rings. The molecule has 152 valence electrons. The molecule has 1 aliphatic rings. The Hall–Kier alpha value is -2.37. The molecule has 2 aromatic carbocycles. The van der Waals surface area contributed by atoms with Crippen molar-refractivity contribution in [2.75, 3.05) is 5.32 Å². The van der Waals surface area contributed by atoms with Gasteiger partial charge in [-0.2, -0.15) is 0 Å². The molecule has 0 aliphatic heterocycles. The van der Waals surface area contributed by atoms with Gasteiger partial charge in [0.05, 0.1) is 22.2 Å². The Labute approximate surface area is 179 Å². The van der Waals surface area contributed by atoms with Gasteiger partial charge in [-0.1, -0.05) is 41.4 Å². The van der Waals surface area contributed by atoms with E-state index in [1.165, 1.54) is 18.1 Å². The van der Waals surface area contributed by atoms with Crippen molar-refractivity contribution in [3.63, 3.8) is 0 Å². The lowest BCUT2D eigenvalue weighted by atomic mass is 10.0. The Balaban J connectivity index is 1.49. The van der Waals surface area contributed by atoms with E-state index in [-0.39, 0.29) is 23.6 Å². The van der Waals surface area contributed by atoms with Crippen molar-refractivity contribution in [2.24, 2.45) is 0 Å². The van der Waals surface area contributed by atoms with Gasteiger partial charge in [-0.25, -0.2) is 0 Å². The highest BCUT2D eigenvalue weighted by Gasteiger charge is 2.20. The summed E-state index contributed by atoms with van der Waals surface area (Å²) in [6.45, 7) is 1.45. The number of rotatable bonds is 7. The molecular formula is C22H21Cl2NO4. The Bertz CT molecular complexity index is 958. The van der Waals surface area contributed by atoms with Gasteiger partial charge in [0, 0.05) is 12.0 Å². The molecule has 7 heteroatoms. The Morgan fingerprint density at radius 1 is 1.07 bits per heavy atom. The number of halogens is 2. The number of benzene rings is 2. The van der Waals surface area contributed by atoms with Crippen LogP contribution in [0.4, 0.5) is 5.69 Å². The largest absolute Gasteiger partial charge is 0.453 e. The molecule has 0 spiro atoms. The second-order valence-electron chi connectivity index (χ2n) is 6.98. The molecule has 0 saturated heterocycles. The summed E-state index contributed by atoms with van der Waals surface area (Å²) in [7, 11) is 0. The number of ketones is 1. The van der Waals surface area contributed by atoms with Crippen LogP contribution in [0, 0.1) is 0 Å². The molecule has 0 bridgehead atoms. The van der Waals surface area contributed by atoms with E-state index in [1.54, 1.807) is 18.2 Å². The first kappa shape index (κ1) is 21.3. The van der Waals surface area contributed by atoms with Crippen LogP contribution >= 0.6 is 23.2 Å². The highest BCUT2D eigenvalue weighted by atomic mass is 35.5. The van der Waals surface area contributed by atoms with Crippen LogP contribution in [-0.2, 0) is 27.2 Å². The number of hydrogen-bond acceptors (Lipinski definition) is 4. The van der Waals surface area contributed by atoms with Crippen LogP contribution in [0.5, 0.6) is 0 Å². The monoisotopic (exact) mass is 433 g/mol. The summed E-state index contributed by atoms with van der Waals surface area (Å²) >= 11 is 11.9. The maximum Gasteiger partial charge on any atom is 0.307 e. The maximum absolute atomic E-state index is 12.4. The van der Waals surface area contributed by atoms with Crippen molar-refractivity contribution in [1.82, 2.24) is 0 Å². The smallest absolute Gasteiger partial charge is 0.307 e. The summed E-state index contributed by atoms with van der Waals surface area (Å²) in [5, 5.41) is 3.09. The van der Waals surface area contributed by atoms with E-state index in [9.17, 15) is 14.4 Å². The summed E-state index contributed by atoms with van der Waals surface area (Å²) in [6, 6.07) is 10.5. The molecule has 0 heterocycles. The van der Waals surface area contributed by atoms with Gasteiger partial charge in [-0.05, 0) is 55.5 Å². The quantitative estimate of drug-likeness (QED) is 0.491. The number of Topliss-reactive ketones (excluding diaryl/α,β-unsaturated/α-hetero) is 1. The fraction of sp³-hybridized carbons (Fsp3) is 0.318. The van der Waals surface area contributed by atoms with Gasteiger partial charge in [0.2, 0.25) is 0 Å². The van der Waals surface area contributed by atoms with Crippen LogP contribution in [0.2, 0.25) is 10.0 Å². The predicted molar refractivity (Wildman–Crippen MR) is 113 cm³/mol. The third-order valence-electron chi connectivity index (χ3n) is 4.86. The van der Waals surface area contributed by atoms with Gasteiger partial charge in [0.25, 0.3) is 5.91 Å². The summed E-state index contributed by atoms with van der Waals surface area (Å²) < 4.78 is 5.14.